The average molecular weight is 341 g/mol. The number of hydrogen-bond acceptors (Lipinski definition) is 5. The van der Waals surface area contributed by atoms with Crippen LogP contribution in [0, 0.1) is 0 Å². The molecule has 1 aliphatic heterocycles. The first-order chi connectivity index (χ1) is 9.23. The van der Waals surface area contributed by atoms with Crippen molar-refractivity contribution in [2.24, 2.45) is 0 Å². The number of nitrogens with one attached hydrogen (secondary N) is 1. The number of hydrogen-bond donors (Lipinski definition) is 2. The number of anilines is 1. The number of halogens is 1. The van der Waals surface area contributed by atoms with E-state index in [0.29, 0.717) is 4.47 Å². The predicted octanol–water partition coefficient (Wildman–Crippen LogP) is 0.303. The van der Waals surface area contributed by atoms with Gasteiger partial charge in [0.15, 0.2) is 0 Å². The van der Waals surface area contributed by atoms with Crippen molar-refractivity contribution in [3.8, 4) is 0 Å². The van der Waals surface area contributed by atoms with Crippen LogP contribution >= 0.6 is 15.9 Å². The van der Waals surface area contributed by atoms with Crippen molar-refractivity contribution in [2.75, 3.05) is 12.3 Å². The summed E-state index contributed by atoms with van der Waals surface area (Å²) in [7, 11) is 0. The van der Waals surface area contributed by atoms with Gasteiger partial charge in [0, 0.05) is 10.7 Å². The number of nitrogens with two attached hydrogens (primary N) is 1. The standard InChI is InChI=1S/C12H13BrN4O3/c1-12(2)11(20)16-8(18)5-17(12)10(19)7-3-6(13)4-15-9(7)14/h3-4H,5H2,1-2H3,(H2,14,15)(H,16,18,20). The number of imide groups is 1. The number of nitrogen functional groups attached to an aromatic ring is 1. The Kier molecular flexibility index (Phi) is 3.51. The highest BCUT2D eigenvalue weighted by Crippen LogP contribution is 2.24. The molecule has 0 atom stereocenters. The molecule has 0 saturated carbocycles. The van der Waals surface area contributed by atoms with E-state index in [1.165, 1.54) is 17.2 Å². The van der Waals surface area contributed by atoms with E-state index < -0.39 is 23.3 Å². The van der Waals surface area contributed by atoms with Crippen LogP contribution < -0.4 is 11.1 Å². The molecule has 1 aromatic rings. The molecular weight excluding hydrogens is 328 g/mol. The molecule has 0 aliphatic carbocycles. The zero-order valence-corrected chi connectivity index (χ0v) is 12.5. The third-order valence-corrected chi connectivity index (χ3v) is 3.58. The molecule has 0 radical (unpaired) electrons. The molecule has 106 valence electrons. The Balaban J connectivity index is 2.43. The fourth-order valence-electron chi connectivity index (χ4n) is 1.88. The first kappa shape index (κ1) is 14.4. The van der Waals surface area contributed by atoms with Crippen LogP contribution in [0.15, 0.2) is 16.7 Å². The monoisotopic (exact) mass is 340 g/mol. The van der Waals surface area contributed by atoms with Crippen LogP contribution in [0.3, 0.4) is 0 Å². The van der Waals surface area contributed by atoms with Gasteiger partial charge in [-0.05, 0) is 35.8 Å². The Morgan fingerprint density at radius 3 is 2.80 bits per heavy atom. The molecule has 0 bridgehead atoms. The van der Waals surface area contributed by atoms with E-state index in [0.717, 1.165) is 0 Å². The fourth-order valence-corrected chi connectivity index (χ4v) is 2.21. The summed E-state index contributed by atoms with van der Waals surface area (Å²) in [6.07, 6.45) is 1.46. The van der Waals surface area contributed by atoms with Gasteiger partial charge in [-0.3, -0.25) is 19.7 Å². The van der Waals surface area contributed by atoms with Crippen LogP contribution in [0.4, 0.5) is 5.82 Å². The summed E-state index contributed by atoms with van der Waals surface area (Å²) in [5.74, 6) is -1.51. The van der Waals surface area contributed by atoms with Crippen LogP contribution in [0.25, 0.3) is 0 Å². The van der Waals surface area contributed by atoms with Gasteiger partial charge in [-0.25, -0.2) is 4.98 Å². The van der Waals surface area contributed by atoms with Crippen molar-refractivity contribution in [2.45, 2.75) is 19.4 Å². The molecule has 3 N–H and O–H groups in total. The molecule has 7 nitrogen and oxygen atoms in total. The second-order valence-electron chi connectivity index (χ2n) is 4.91. The third-order valence-electron chi connectivity index (χ3n) is 3.15. The van der Waals surface area contributed by atoms with E-state index in [-0.39, 0.29) is 17.9 Å². The first-order valence-electron chi connectivity index (χ1n) is 5.80. The summed E-state index contributed by atoms with van der Waals surface area (Å²) in [6.45, 7) is 2.92. The molecule has 0 spiro atoms. The Bertz CT molecular complexity index is 615. The molecule has 8 heteroatoms. The van der Waals surface area contributed by atoms with Crippen molar-refractivity contribution >= 4 is 39.5 Å². The maximum Gasteiger partial charge on any atom is 0.258 e. The topological polar surface area (TPSA) is 105 Å². The van der Waals surface area contributed by atoms with Gasteiger partial charge in [0.25, 0.3) is 11.8 Å². The number of nitrogens with zero attached hydrogens (tertiary/aromatic N) is 2. The van der Waals surface area contributed by atoms with E-state index >= 15 is 0 Å². The molecule has 0 aromatic carbocycles. The van der Waals surface area contributed by atoms with E-state index in [9.17, 15) is 14.4 Å². The largest absolute Gasteiger partial charge is 0.383 e. The minimum atomic E-state index is -1.14. The van der Waals surface area contributed by atoms with E-state index in [4.69, 9.17) is 5.73 Å². The molecule has 2 heterocycles. The second-order valence-corrected chi connectivity index (χ2v) is 5.83. The molecule has 2 rings (SSSR count). The third kappa shape index (κ3) is 2.38. The summed E-state index contributed by atoms with van der Waals surface area (Å²) in [6, 6.07) is 1.51. The SMILES string of the molecule is CC1(C)C(=O)NC(=O)CN1C(=O)c1cc(Br)cnc1N. The summed E-state index contributed by atoms with van der Waals surface area (Å²) < 4.78 is 0.584. The molecule has 20 heavy (non-hydrogen) atoms. The fraction of sp³-hybridized carbons (Fsp3) is 0.333. The summed E-state index contributed by atoms with van der Waals surface area (Å²) in [4.78, 5) is 40.9. The van der Waals surface area contributed by atoms with Crippen molar-refractivity contribution in [3.63, 3.8) is 0 Å². The molecule has 1 fully saturated rings. The van der Waals surface area contributed by atoms with Gasteiger partial charge in [0.05, 0.1) is 5.56 Å². The lowest BCUT2D eigenvalue weighted by Crippen LogP contribution is -2.65. The highest BCUT2D eigenvalue weighted by atomic mass is 79.9. The maximum absolute atomic E-state index is 12.5. The smallest absolute Gasteiger partial charge is 0.258 e. The van der Waals surface area contributed by atoms with Gasteiger partial charge in [0.1, 0.15) is 17.9 Å². The van der Waals surface area contributed by atoms with Gasteiger partial charge < -0.3 is 10.6 Å². The lowest BCUT2D eigenvalue weighted by atomic mass is 9.97. The van der Waals surface area contributed by atoms with Crippen LogP contribution in [0.1, 0.15) is 24.2 Å². The first-order valence-corrected chi connectivity index (χ1v) is 6.60. The Morgan fingerprint density at radius 2 is 2.15 bits per heavy atom. The Morgan fingerprint density at radius 1 is 1.50 bits per heavy atom. The molecule has 1 saturated heterocycles. The Labute approximate surface area is 123 Å². The van der Waals surface area contributed by atoms with E-state index in [2.05, 4.69) is 26.2 Å². The van der Waals surface area contributed by atoms with Gasteiger partial charge >= 0.3 is 0 Å². The molecule has 0 unspecified atom stereocenters. The van der Waals surface area contributed by atoms with Crippen molar-refractivity contribution in [1.29, 1.82) is 0 Å². The predicted molar refractivity (Wildman–Crippen MR) is 74.6 cm³/mol. The minimum Gasteiger partial charge on any atom is -0.383 e. The van der Waals surface area contributed by atoms with Crippen LogP contribution in [0.2, 0.25) is 0 Å². The number of aromatic nitrogens is 1. The highest BCUT2D eigenvalue weighted by Gasteiger charge is 2.44. The van der Waals surface area contributed by atoms with Crippen LogP contribution in [-0.2, 0) is 9.59 Å². The highest BCUT2D eigenvalue weighted by molar-refractivity contribution is 9.10. The second kappa shape index (κ2) is 4.86. The number of carbonyl (C=O) groups is 3. The van der Waals surface area contributed by atoms with Crippen molar-refractivity contribution < 1.29 is 14.4 Å². The van der Waals surface area contributed by atoms with Crippen molar-refractivity contribution in [3.05, 3.63) is 22.3 Å². The zero-order chi connectivity index (χ0) is 15.1. The van der Waals surface area contributed by atoms with Crippen LogP contribution in [0.5, 0.6) is 0 Å². The normalized spacial score (nSPS) is 17.9. The Hall–Kier alpha value is -1.96. The van der Waals surface area contributed by atoms with Gasteiger partial charge in [-0.2, -0.15) is 0 Å². The summed E-state index contributed by atoms with van der Waals surface area (Å²) in [5.41, 5.74) is 4.70. The van der Waals surface area contributed by atoms with Gasteiger partial charge in [-0.1, -0.05) is 0 Å². The quantitative estimate of drug-likeness (QED) is 0.715. The zero-order valence-electron chi connectivity index (χ0n) is 10.9. The summed E-state index contributed by atoms with van der Waals surface area (Å²) in [5, 5.41) is 2.20. The lowest BCUT2D eigenvalue weighted by molar-refractivity contribution is -0.143. The number of rotatable bonds is 1. The van der Waals surface area contributed by atoms with Crippen LogP contribution in [-0.4, -0.2) is 39.7 Å². The van der Waals surface area contributed by atoms with Gasteiger partial charge in [-0.15, -0.1) is 0 Å². The molecular formula is C12H13BrN4O3. The van der Waals surface area contributed by atoms with Crippen molar-refractivity contribution in [1.82, 2.24) is 15.2 Å². The lowest BCUT2D eigenvalue weighted by Gasteiger charge is -2.40. The summed E-state index contributed by atoms with van der Waals surface area (Å²) >= 11 is 3.21. The molecule has 3 amide bonds. The average Bonchev–Trinajstić information content (AvgIpc) is 2.36. The molecule has 1 aliphatic rings. The van der Waals surface area contributed by atoms with E-state index in [1.807, 2.05) is 0 Å². The maximum atomic E-state index is 12.5. The van der Waals surface area contributed by atoms with Gasteiger partial charge in [0.2, 0.25) is 5.91 Å². The minimum absolute atomic E-state index is 0.0485. The number of carbonyl (C=O) groups excluding carboxylic acids is 3. The van der Waals surface area contributed by atoms with E-state index in [1.54, 1.807) is 13.8 Å². The number of amides is 3. The number of pyridine rings is 1. The number of piperazine rings is 1. The molecule has 1 aromatic heterocycles.